The van der Waals surface area contributed by atoms with Gasteiger partial charge in [-0.1, -0.05) is 33.6 Å². The van der Waals surface area contributed by atoms with Crippen LogP contribution in [0.4, 0.5) is 17.2 Å². The fourth-order valence-electron chi connectivity index (χ4n) is 2.62. The summed E-state index contributed by atoms with van der Waals surface area (Å²) in [4.78, 5) is 16.6. The number of rotatable bonds is 5. The maximum absolute atomic E-state index is 10.8. The molecule has 9 heteroatoms. The standard InChI is InChI=1S/C16H16BrClN4O3/c17-12-2-1-11(15(7-12)21-3-5-25-6-4-21)9-19-16-14(18)8-13(10-20-16)22(23)24/h1-2,7-8,10H,3-6,9H2,(H,19,20). The number of nitrogens with one attached hydrogen (secondary N) is 1. The molecular formula is C16H16BrClN4O3. The van der Waals surface area contributed by atoms with Gasteiger partial charge in [-0.3, -0.25) is 10.1 Å². The Bertz CT molecular complexity index is 784. The molecule has 0 saturated carbocycles. The minimum atomic E-state index is -0.520. The summed E-state index contributed by atoms with van der Waals surface area (Å²) >= 11 is 9.61. The Morgan fingerprint density at radius 1 is 1.36 bits per heavy atom. The highest BCUT2D eigenvalue weighted by molar-refractivity contribution is 9.10. The highest BCUT2D eigenvalue weighted by Gasteiger charge is 2.16. The van der Waals surface area contributed by atoms with Crippen LogP contribution >= 0.6 is 27.5 Å². The molecule has 1 N–H and O–H groups in total. The summed E-state index contributed by atoms with van der Waals surface area (Å²) in [6, 6.07) is 7.38. The van der Waals surface area contributed by atoms with Crippen LogP contribution in [0.15, 0.2) is 34.9 Å². The first kappa shape index (κ1) is 17.9. The summed E-state index contributed by atoms with van der Waals surface area (Å²) in [5.41, 5.74) is 2.07. The van der Waals surface area contributed by atoms with Crippen LogP contribution < -0.4 is 10.2 Å². The van der Waals surface area contributed by atoms with Crippen molar-refractivity contribution >= 4 is 44.7 Å². The zero-order chi connectivity index (χ0) is 17.8. The molecule has 25 heavy (non-hydrogen) atoms. The van der Waals surface area contributed by atoms with Gasteiger partial charge in [0.2, 0.25) is 0 Å². The van der Waals surface area contributed by atoms with E-state index in [0.717, 1.165) is 28.8 Å². The molecule has 7 nitrogen and oxygen atoms in total. The third-order valence-corrected chi connectivity index (χ3v) is 4.66. The molecule has 3 rings (SSSR count). The first-order valence-corrected chi connectivity index (χ1v) is 8.86. The fourth-order valence-corrected chi connectivity index (χ4v) is 3.20. The average molecular weight is 428 g/mol. The molecule has 0 amide bonds. The summed E-state index contributed by atoms with van der Waals surface area (Å²) in [7, 11) is 0. The Morgan fingerprint density at radius 2 is 2.12 bits per heavy atom. The lowest BCUT2D eigenvalue weighted by molar-refractivity contribution is -0.385. The van der Waals surface area contributed by atoms with E-state index in [1.807, 2.05) is 12.1 Å². The van der Waals surface area contributed by atoms with Crippen LogP contribution in [-0.2, 0) is 11.3 Å². The summed E-state index contributed by atoms with van der Waals surface area (Å²) in [6.07, 6.45) is 1.19. The van der Waals surface area contributed by atoms with Crippen LogP contribution in [0.25, 0.3) is 0 Å². The van der Waals surface area contributed by atoms with Gasteiger partial charge in [0.25, 0.3) is 5.69 Å². The Labute approximate surface area is 158 Å². The van der Waals surface area contributed by atoms with Crippen molar-refractivity contribution in [3.63, 3.8) is 0 Å². The van der Waals surface area contributed by atoms with Gasteiger partial charge in [-0.25, -0.2) is 4.98 Å². The van der Waals surface area contributed by atoms with Crippen molar-refractivity contribution in [2.75, 3.05) is 36.5 Å². The number of aromatic nitrogens is 1. The van der Waals surface area contributed by atoms with Gasteiger partial charge in [0.15, 0.2) is 0 Å². The van der Waals surface area contributed by atoms with E-state index < -0.39 is 4.92 Å². The van der Waals surface area contributed by atoms with Crippen LogP contribution in [-0.4, -0.2) is 36.2 Å². The zero-order valence-corrected chi connectivity index (χ0v) is 15.6. The maximum atomic E-state index is 10.8. The van der Waals surface area contributed by atoms with E-state index in [0.29, 0.717) is 25.6 Å². The van der Waals surface area contributed by atoms with E-state index in [-0.39, 0.29) is 10.7 Å². The molecule has 0 spiro atoms. The molecule has 1 aromatic carbocycles. The van der Waals surface area contributed by atoms with Crippen LogP contribution in [0.2, 0.25) is 5.02 Å². The Balaban J connectivity index is 1.78. The molecule has 1 saturated heterocycles. The Hall–Kier alpha value is -1.90. The highest BCUT2D eigenvalue weighted by Crippen LogP contribution is 2.28. The number of morpholine rings is 1. The van der Waals surface area contributed by atoms with E-state index in [2.05, 4.69) is 37.2 Å². The summed E-state index contributed by atoms with van der Waals surface area (Å²) < 4.78 is 6.42. The predicted molar refractivity (Wildman–Crippen MR) is 100 cm³/mol. The van der Waals surface area contributed by atoms with Gasteiger partial charge >= 0.3 is 0 Å². The lowest BCUT2D eigenvalue weighted by atomic mass is 10.1. The minimum absolute atomic E-state index is 0.131. The first-order valence-electron chi connectivity index (χ1n) is 7.69. The van der Waals surface area contributed by atoms with Gasteiger partial charge < -0.3 is 15.0 Å². The molecule has 0 bridgehead atoms. The van der Waals surface area contributed by atoms with Gasteiger partial charge in [0, 0.05) is 35.9 Å². The van der Waals surface area contributed by atoms with E-state index in [4.69, 9.17) is 16.3 Å². The van der Waals surface area contributed by atoms with E-state index >= 15 is 0 Å². The molecule has 0 atom stereocenters. The summed E-state index contributed by atoms with van der Waals surface area (Å²) in [6.45, 7) is 3.58. The van der Waals surface area contributed by atoms with Crippen LogP contribution in [0, 0.1) is 10.1 Å². The summed E-state index contributed by atoms with van der Waals surface area (Å²) in [5, 5.41) is 14.1. The molecule has 132 valence electrons. The quantitative estimate of drug-likeness (QED) is 0.576. The molecule has 0 aliphatic carbocycles. The molecule has 1 aliphatic rings. The second kappa shape index (κ2) is 7.99. The number of nitro groups is 1. The van der Waals surface area contributed by atoms with Crippen molar-refractivity contribution in [1.29, 1.82) is 0 Å². The second-order valence-electron chi connectivity index (χ2n) is 5.51. The summed E-state index contributed by atoms with van der Waals surface area (Å²) in [5.74, 6) is 0.420. The lowest BCUT2D eigenvalue weighted by Crippen LogP contribution is -2.36. The number of pyridine rings is 1. The second-order valence-corrected chi connectivity index (χ2v) is 6.83. The Morgan fingerprint density at radius 3 is 2.80 bits per heavy atom. The minimum Gasteiger partial charge on any atom is -0.378 e. The fraction of sp³-hybridized carbons (Fsp3) is 0.312. The number of halogens is 2. The van der Waals surface area contributed by atoms with Gasteiger partial charge in [-0.2, -0.15) is 0 Å². The van der Waals surface area contributed by atoms with Crippen molar-refractivity contribution in [1.82, 2.24) is 4.98 Å². The normalized spacial score (nSPS) is 14.4. The van der Waals surface area contributed by atoms with Crippen molar-refractivity contribution < 1.29 is 9.66 Å². The molecule has 1 aromatic heterocycles. The SMILES string of the molecule is O=[N+]([O-])c1cnc(NCc2ccc(Br)cc2N2CCOCC2)c(Cl)c1. The first-order chi connectivity index (χ1) is 12.0. The zero-order valence-electron chi connectivity index (χ0n) is 13.2. The third-order valence-electron chi connectivity index (χ3n) is 3.88. The van der Waals surface area contributed by atoms with Crippen molar-refractivity contribution in [2.45, 2.75) is 6.54 Å². The van der Waals surface area contributed by atoms with Gasteiger partial charge in [0.05, 0.1) is 23.2 Å². The largest absolute Gasteiger partial charge is 0.378 e. The van der Waals surface area contributed by atoms with Crippen LogP contribution in [0.1, 0.15) is 5.56 Å². The Kier molecular flexibility index (Phi) is 5.72. The molecule has 2 heterocycles. The average Bonchev–Trinajstić information content (AvgIpc) is 2.62. The number of benzene rings is 1. The smallest absolute Gasteiger partial charge is 0.289 e. The van der Waals surface area contributed by atoms with Crippen LogP contribution in [0.3, 0.4) is 0 Å². The van der Waals surface area contributed by atoms with Gasteiger partial charge in [-0.05, 0) is 17.7 Å². The number of anilines is 2. The van der Waals surface area contributed by atoms with Gasteiger partial charge in [-0.15, -0.1) is 0 Å². The molecule has 0 radical (unpaired) electrons. The number of hydrogen-bond donors (Lipinski definition) is 1. The predicted octanol–water partition coefficient (Wildman–Crippen LogP) is 3.85. The lowest BCUT2D eigenvalue weighted by Gasteiger charge is -2.31. The monoisotopic (exact) mass is 426 g/mol. The number of ether oxygens (including phenoxy) is 1. The molecule has 2 aromatic rings. The van der Waals surface area contributed by atoms with Gasteiger partial charge in [0.1, 0.15) is 12.0 Å². The molecule has 0 unspecified atom stereocenters. The molecule has 1 fully saturated rings. The van der Waals surface area contributed by atoms with E-state index in [9.17, 15) is 10.1 Å². The van der Waals surface area contributed by atoms with E-state index in [1.165, 1.54) is 12.3 Å². The molecule has 1 aliphatic heterocycles. The maximum Gasteiger partial charge on any atom is 0.289 e. The topological polar surface area (TPSA) is 80.5 Å². The van der Waals surface area contributed by atoms with Crippen molar-refractivity contribution in [3.05, 3.63) is 55.6 Å². The van der Waals surface area contributed by atoms with Crippen LogP contribution in [0.5, 0.6) is 0 Å². The third kappa shape index (κ3) is 4.39. The van der Waals surface area contributed by atoms with Crippen molar-refractivity contribution in [2.24, 2.45) is 0 Å². The number of nitrogens with zero attached hydrogens (tertiary/aromatic N) is 3. The number of hydrogen-bond acceptors (Lipinski definition) is 6. The van der Waals surface area contributed by atoms with Crippen molar-refractivity contribution in [3.8, 4) is 0 Å². The van der Waals surface area contributed by atoms with E-state index in [1.54, 1.807) is 0 Å². The molecular weight excluding hydrogens is 412 g/mol. The highest BCUT2D eigenvalue weighted by atomic mass is 79.9.